The molecule has 0 saturated carbocycles. The van der Waals surface area contributed by atoms with E-state index in [0.29, 0.717) is 5.88 Å². The fraction of sp³-hybridized carbons (Fsp3) is 0.625. The number of carbonyl (C=O) groups is 1. The Kier molecular flexibility index (Phi) is 2.67. The van der Waals surface area contributed by atoms with Crippen molar-refractivity contribution in [3.63, 3.8) is 0 Å². The van der Waals surface area contributed by atoms with Gasteiger partial charge in [-0.2, -0.15) is 0 Å². The Morgan fingerprint density at radius 3 is 2.67 bits per heavy atom. The molecule has 0 aromatic carbocycles. The van der Waals surface area contributed by atoms with Gasteiger partial charge in [-0.25, -0.2) is 4.79 Å². The van der Waals surface area contributed by atoms with Gasteiger partial charge in [-0.15, -0.1) is 11.8 Å². The number of amides is 1. The van der Waals surface area contributed by atoms with Crippen LogP contribution in [0.2, 0.25) is 0 Å². The highest BCUT2D eigenvalue weighted by atomic mass is 32.2. The molecule has 0 aliphatic carbocycles. The summed E-state index contributed by atoms with van der Waals surface area (Å²) in [5, 5.41) is 1.88. The first-order chi connectivity index (χ1) is 5.49. The Hall–Kier alpha value is -0.640. The van der Waals surface area contributed by atoms with Crippen molar-refractivity contribution >= 4 is 17.9 Å². The van der Waals surface area contributed by atoms with Crippen LogP contribution < -0.4 is 0 Å². The van der Waals surface area contributed by atoms with E-state index in [1.165, 1.54) is 0 Å². The average molecular weight is 187 g/mol. The molecule has 1 amide bonds. The fourth-order valence-electron chi connectivity index (χ4n) is 0.717. The zero-order valence-electron chi connectivity index (χ0n) is 7.53. The van der Waals surface area contributed by atoms with E-state index in [1.54, 1.807) is 22.9 Å². The van der Waals surface area contributed by atoms with Crippen LogP contribution in [0.1, 0.15) is 20.8 Å². The smallest absolute Gasteiger partial charge is 0.415 e. The third-order valence-corrected chi connectivity index (χ3v) is 1.92. The standard InChI is InChI=1S/C8H13NO2S/c1-8(2,3)11-7(10)9-4-5-12-6-9/h4-5H,6H2,1-3H3. The largest absolute Gasteiger partial charge is 0.443 e. The molecule has 0 bridgehead atoms. The minimum atomic E-state index is -0.405. The second-order valence-electron chi connectivity index (χ2n) is 3.53. The number of hydrogen-bond donors (Lipinski definition) is 0. The molecule has 1 rings (SSSR count). The van der Waals surface area contributed by atoms with Crippen LogP contribution in [0.3, 0.4) is 0 Å². The van der Waals surface area contributed by atoms with Crippen molar-refractivity contribution < 1.29 is 9.53 Å². The monoisotopic (exact) mass is 187 g/mol. The average Bonchev–Trinajstić information content (AvgIpc) is 2.32. The topological polar surface area (TPSA) is 29.5 Å². The zero-order chi connectivity index (χ0) is 9.19. The van der Waals surface area contributed by atoms with E-state index >= 15 is 0 Å². The van der Waals surface area contributed by atoms with Crippen molar-refractivity contribution in [2.75, 3.05) is 5.88 Å². The maximum Gasteiger partial charge on any atom is 0.415 e. The van der Waals surface area contributed by atoms with Gasteiger partial charge >= 0.3 is 6.09 Å². The van der Waals surface area contributed by atoms with Gasteiger partial charge in [-0.1, -0.05) is 0 Å². The molecule has 0 aromatic heterocycles. The molecule has 0 saturated heterocycles. The van der Waals surface area contributed by atoms with Crippen molar-refractivity contribution in [3.05, 3.63) is 11.6 Å². The lowest BCUT2D eigenvalue weighted by Gasteiger charge is -2.22. The van der Waals surface area contributed by atoms with Crippen molar-refractivity contribution in [1.29, 1.82) is 0 Å². The van der Waals surface area contributed by atoms with Crippen LogP contribution >= 0.6 is 11.8 Å². The van der Waals surface area contributed by atoms with E-state index in [-0.39, 0.29) is 6.09 Å². The number of hydrogen-bond acceptors (Lipinski definition) is 3. The van der Waals surface area contributed by atoms with Gasteiger partial charge in [0.1, 0.15) is 5.60 Å². The molecule has 1 aliphatic rings. The number of thioether (sulfide) groups is 1. The second kappa shape index (κ2) is 3.39. The Bertz CT molecular complexity index is 208. The van der Waals surface area contributed by atoms with Gasteiger partial charge in [0.05, 0.1) is 5.88 Å². The Morgan fingerprint density at radius 2 is 2.25 bits per heavy atom. The molecule has 12 heavy (non-hydrogen) atoms. The summed E-state index contributed by atoms with van der Waals surface area (Å²) in [6.45, 7) is 5.58. The molecule has 0 N–H and O–H groups in total. The summed E-state index contributed by atoms with van der Waals surface area (Å²) < 4.78 is 5.14. The molecule has 0 fully saturated rings. The van der Waals surface area contributed by atoms with Crippen LogP contribution in [0.5, 0.6) is 0 Å². The number of rotatable bonds is 0. The van der Waals surface area contributed by atoms with Gasteiger partial charge in [0.2, 0.25) is 0 Å². The third kappa shape index (κ3) is 2.77. The summed E-state index contributed by atoms with van der Waals surface area (Å²) in [7, 11) is 0. The van der Waals surface area contributed by atoms with Gasteiger partial charge < -0.3 is 4.74 Å². The molecular formula is C8H13NO2S. The Balaban J connectivity index is 2.43. The van der Waals surface area contributed by atoms with Crippen molar-refractivity contribution in [1.82, 2.24) is 4.90 Å². The van der Waals surface area contributed by atoms with E-state index in [4.69, 9.17) is 4.74 Å². The van der Waals surface area contributed by atoms with Crippen LogP contribution in [-0.2, 0) is 4.74 Å². The summed E-state index contributed by atoms with van der Waals surface area (Å²) in [5.74, 6) is 0.662. The summed E-state index contributed by atoms with van der Waals surface area (Å²) in [5.41, 5.74) is -0.405. The summed E-state index contributed by atoms with van der Waals surface area (Å²) in [6.07, 6.45) is 1.46. The molecule has 0 radical (unpaired) electrons. The first-order valence-corrected chi connectivity index (χ1v) is 4.82. The van der Waals surface area contributed by atoms with E-state index in [2.05, 4.69) is 0 Å². The van der Waals surface area contributed by atoms with Crippen LogP contribution in [0, 0.1) is 0 Å². The van der Waals surface area contributed by atoms with E-state index in [9.17, 15) is 4.79 Å². The first-order valence-electron chi connectivity index (χ1n) is 3.77. The molecule has 0 spiro atoms. The Labute approximate surface area is 76.8 Å². The molecule has 68 valence electrons. The highest BCUT2D eigenvalue weighted by Crippen LogP contribution is 2.18. The molecule has 0 unspecified atom stereocenters. The number of ether oxygens (including phenoxy) is 1. The fourth-order valence-corrected chi connectivity index (χ4v) is 1.39. The van der Waals surface area contributed by atoms with E-state index in [1.807, 2.05) is 26.2 Å². The minimum Gasteiger partial charge on any atom is -0.443 e. The SMILES string of the molecule is CC(C)(C)OC(=O)N1C=CSC1. The van der Waals surface area contributed by atoms with Crippen LogP contribution in [0.4, 0.5) is 4.79 Å². The Morgan fingerprint density at radius 1 is 1.58 bits per heavy atom. The van der Waals surface area contributed by atoms with Crippen molar-refractivity contribution in [2.45, 2.75) is 26.4 Å². The predicted molar refractivity (Wildman–Crippen MR) is 49.7 cm³/mol. The van der Waals surface area contributed by atoms with E-state index in [0.717, 1.165) is 0 Å². The third-order valence-electron chi connectivity index (χ3n) is 1.18. The van der Waals surface area contributed by atoms with Gasteiger partial charge in [0.15, 0.2) is 0 Å². The number of nitrogens with zero attached hydrogens (tertiary/aromatic N) is 1. The maximum absolute atomic E-state index is 11.3. The summed E-state index contributed by atoms with van der Waals surface area (Å²) in [6, 6.07) is 0. The summed E-state index contributed by atoms with van der Waals surface area (Å²) >= 11 is 1.58. The minimum absolute atomic E-state index is 0.274. The molecule has 3 nitrogen and oxygen atoms in total. The molecule has 4 heteroatoms. The lowest BCUT2D eigenvalue weighted by molar-refractivity contribution is 0.0367. The molecule has 0 atom stereocenters. The van der Waals surface area contributed by atoms with Gasteiger partial charge in [0, 0.05) is 6.20 Å². The highest BCUT2D eigenvalue weighted by Gasteiger charge is 2.21. The second-order valence-corrected chi connectivity index (χ2v) is 4.39. The normalized spacial score (nSPS) is 16.8. The lowest BCUT2D eigenvalue weighted by atomic mass is 10.2. The quantitative estimate of drug-likeness (QED) is 0.583. The van der Waals surface area contributed by atoms with Gasteiger partial charge in [-0.3, -0.25) is 4.90 Å². The summed E-state index contributed by atoms with van der Waals surface area (Å²) in [4.78, 5) is 12.9. The van der Waals surface area contributed by atoms with Crippen LogP contribution in [0.25, 0.3) is 0 Å². The lowest BCUT2D eigenvalue weighted by Crippen LogP contribution is -2.32. The van der Waals surface area contributed by atoms with E-state index < -0.39 is 5.60 Å². The molecule has 0 aromatic rings. The highest BCUT2D eigenvalue weighted by molar-refractivity contribution is 8.02. The molecular weight excluding hydrogens is 174 g/mol. The van der Waals surface area contributed by atoms with Crippen molar-refractivity contribution in [3.8, 4) is 0 Å². The van der Waals surface area contributed by atoms with Crippen LogP contribution in [-0.4, -0.2) is 22.5 Å². The first kappa shape index (κ1) is 9.45. The maximum atomic E-state index is 11.3. The van der Waals surface area contributed by atoms with Crippen molar-refractivity contribution in [2.24, 2.45) is 0 Å². The molecule has 1 heterocycles. The van der Waals surface area contributed by atoms with Crippen LogP contribution in [0.15, 0.2) is 11.6 Å². The zero-order valence-corrected chi connectivity index (χ0v) is 8.35. The predicted octanol–water partition coefficient (Wildman–Crippen LogP) is 2.40. The van der Waals surface area contributed by atoms with Gasteiger partial charge in [-0.05, 0) is 26.2 Å². The number of carbonyl (C=O) groups excluding carboxylic acids is 1. The molecule has 1 aliphatic heterocycles. The van der Waals surface area contributed by atoms with Gasteiger partial charge in [0.25, 0.3) is 0 Å².